The second kappa shape index (κ2) is 4.22. The summed E-state index contributed by atoms with van der Waals surface area (Å²) in [5, 5.41) is 11.2. The molecule has 0 aromatic carbocycles. The van der Waals surface area contributed by atoms with Gasteiger partial charge in [0.05, 0.1) is 18.2 Å². The SMILES string of the molecule is Cn1cc(Cn2ccc(NC=S)n2)cn1. The summed E-state index contributed by atoms with van der Waals surface area (Å²) in [5.41, 5.74) is 2.56. The Morgan fingerprint density at radius 1 is 1.60 bits per heavy atom. The Morgan fingerprint density at radius 2 is 2.47 bits per heavy atom. The molecule has 0 spiro atoms. The molecule has 0 aliphatic carbocycles. The predicted molar refractivity (Wildman–Crippen MR) is 61.8 cm³/mol. The monoisotopic (exact) mass is 221 g/mol. The Balaban J connectivity index is 2.07. The van der Waals surface area contributed by atoms with Crippen LogP contribution in [0.3, 0.4) is 0 Å². The van der Waals surface area contributed by atoms with E-state index in [-0.39, 0.29) is 0 Å². The van der Waals surface area contributed by atoms with Gasteiger partial charge in [0.2, 0.25) is 0 Å². The standard InChI is InChI=1S/C9H11N5S/c1-13-5-8(4-11-13)6-14-3-2-9(12-14)10-7-15/h2-5,7H,6H2,1H3,(H,10,12,15). The lowest BCUT2D eigenvalue weighted by Crippen LogP contribution is -2.01. The Labute approximate surface area is 92.7 Å². The normalized spacial score (nSPS) is 10.2. The smallest absolute Gasteiger partial charge is 0.152 e. The fourth-order valence-electron chi connectivity index (χ4n) is 1.33. The molecular weight excluding hydrogens is 210 g/mol. The second-order valence-corrected chi connectivity index (χ2v) is 3.42. The molecule has 2 aromatic heterocycles. The molecular formula is C9H11N5S. The molecule has 78 valence electrons. The summed E-state index contributed by atoms with van der Waals surface area (Å²) in [6, 6.07) is 1.87. The summed E-state index contributed by atoms with van der Waals surface area (Å²) in [5.74, 6) is 0.758. The highest BCUT2D eigenvalue weighted by atomic mass is 32.1. The Bertz CT molecular complexity index is 459. The van der Waals surface area contributed by atoms with Crippen molar-refractivity contribution in [3.8, 4) is 0 Å². The number of thiocarbonyl (C=S) groups is 1. The van der Waals surface area contributed by atoms with E-state index in [1.165, 1.54) is 5.49 Å². The van der Waals surface area contributed by atoms with Gasteiger partial charge in [0.15, 0.2) is 5.82 Å². The Hall–Kier alpha value is -1.69. The van der Waals surface area contributed by atoms with Crippen LogP contribution in [0, 0.1) is 0 Å². The summed E-state index contributed by atoms with van der Waals surface area (Å²) < 4.78 is 3.60. The summed E-state index contributed by atoms with van der Waals surface area (Å²) in [6.45, 7) is 0.715. The van der Waals surface area contributed by atoms with E-state index in [9.17, 15) is 0 Å². The lowest BCUT2D eigenvalue weighted by atomic mass is 10.4. The molecule has 15 heavy (non-hydrogen) atoms. The van der Waals surface area contributed by atoms with Gasteiger partial charge in [-0.1, -0.05) is 12.2 Å². The van der Waals surface area contributed by atoms with Crippen LogP contribution >= 0.6 is 12.2 Å². The quantitative estimate of drug-likeness (QED) is 0.783. The highest BCUT2D eigenvalue weighted by molar-refractivity contribution is 7.79. The highest BCUT2D eigenvalue weighted by Gasteiger charge is 2.00. The van der Waals surface area contributed by atoms with Gasteiger partial charge in [-0.15, -0.1) is 0 Å². The van der Waals surface area contributed by atoms with E-state index in [1.807, 2.05) is 36.4 Å². The van der Waals surface area contributed by atoms with Crippen molar-refractivity contribution >= 4 is 23.5 Å². The van der Waals surface area contributed by atoms with Crippen LogP contribution in [-0.4, -0.2) is 25.1 Å². The third kappa shape index (κ3) is 2.41. The molecule has 0 fully saturated rings. The van der Waals surface area contributed by atoms with Crippen LogP contribution in [-0.2, 0) is 13.6 Å². The first kappa shape index (κ1) is 9.85. The third-order valence-electron chi connectivity index (χ3n) is 1.95. The second-order valence-electron chi connectivity index (χ2n) is 3.18. The van der Waals surface area contributed by atoms with Gasteiger partial charge < -0.3 is 5.32 Å². The maximum Gasteiger partial charge on any atom is 0.152 e. The molecule has 0 bridgehead atoms. The van der Waals surface area contributed by atoms with Gasteiger partial charge in [0.25, 0.3) is 0 Å². The van der Waals surface area contributed by atoms with E-state index >= 15 is 0 Å². The van der Waals surface area contributed by atoms with E-state index in [2.05, 4.69) is 27.7 Å². The zero-order valence-electron chi connectivity index (χ0n) is 8.29. The third-order valence-corrected chi connectivity index (χ3v) is 2.07. The molecule has 0 unspecified atom stereocenters. The summed E-state index contributed by atoms with van der Waals surface area (Å²) >= 11 is 4.68. The lowest BCUT2D eigenvalue weighted by molar-refractivity contribution is 0.688. The molecule has 2 aromatic rings. The molecule has 0 amide bonds. The largest absolute Gasteiger partial charge is 0.336 e. The van der Waals surface area contributed by atoms with Crippen molar-refractivity contribution in [1.29, 1.82) is 0 Å². The molecule has 1 N–H and O–H groups in total. The molecule has 0 saturated carbocycles. The minimum Gasteiger partial charge on any atom is -0.336 e. The molecule has 2 rings (SSSR count). The Kier molecular flexibility index (Phi) is 2.77. The van der Waals surface area contributed by atoms with Gasteiger partial charge in [-0.05, 0) is 0 Å². The average molecular weight is 221 g/mol. The van der Waals surface area contributed by atoms with Crippen molar-refractivity contribution in [3.05, 3.63) is 30.2 Å². The number of rotatable bonds is 4. The van der Waals surface area contributed by atoms with Crippen molar-refractivity contribution in [2.24, 2.45) is 7.05 Å². The number of aromatic nitrogens is 4. The number of nitrogens with zero attached hydrogens (tertiary/aromatic N) is 4. The summed E-state index contributed by atoms with van der Waals surface area (Å²) in [7, 11) is 1.89. The first-order valence-corrected chi connectivity index (χ1v) is 4.96. The number of anilines is 1. The summed E-state index contributed by atoms with van der Waals surface area (Å²) in [4.78, 5) is 0. The van der Waals surface area contributed by atoms with Gasteiger partial charge in [-0.25, -0.2) is 0 Å². The van der Waals surface area contributed by atoms with Gasteiger partial charge >= 0.3 is 0 Å². The minimum absolute atomic E-state index is 0.715. The van der Waals surface area contributed by atoms with Crippen LogP contribution in [0.15, 0.2) is 24.7 Å². The van der Waals surface area contributed by atoms with E-state index in [0.29, 0.717) is 6.54 Å². The number of hydrogen-bond donors (Lipinski definition) is 1. The summed E-state index contributed by atoms with van der Waals surface area (Å²) in [6.07, 6.45) is 5.69. The maximum absolute atomic E-state index is 4.68. The van der Waals surface area contributed by atoms with E-state index in [1.54, 1.807) is 4.68 Å². The van der Waals surface area contributed by atoms with Crippen LogP contribution < -0.4 is 5.32 Å². The van der Waals surface area contributed by atoms with E-state index in [4.69, 9.17) is 0 Å². The topological polar surface area (TPSA) is 47.7 Å². The molecule has 5 nitrogen and oxygen atoms in total. The molecule has 6 heteroatoms. The Morgan fingerprint density at radius 3 is 3.13 bits per heavy atom. The maximum atomic E-state index is 4.68. The first-order chi connectivity index (χ1) is 7.28. The average Bonchev–Trinajstić information content (AvgIpc) is 2.78. The predicted octanol–water partition coefficient (Wildman–Crippen LogP) is 1.03. The molecule has 2 heterocycles. The van der Waals surface area contributed by atoms with E-state index < -0.39 is 0 Å². The lowest BCUT2D eigenvalue weighted by Gasteiger charge is -1.97. The highest BCUT2D eigenvalue weighted by Crippen LogP contribution is 2.04. The fourth-order valence-corrected chi connectivity index (χ4v) is 1.45. The fraction of sp³-hybridized carbons (Fsp3) is 0.222. The number of nitrogens with one attached hydrogen (secondary N) is 1. The zero-order valence-corrected chi connectivity index (χ0v) is 9.11. The molecule has 0 aliphatic rings. The van der Waals surface area contributed by atoms with Crippen LogP contribution in [0.2, 0.25) is 0 Å². The van der Waals surface area contributed by atoms with Crippen LogP contribution in [0.4, 0.5) is 5.82 Å². The first-order valence-electron chi connectivity index (χ1n) is 4.49. The van der Waals surface area contributed by atoms with Crippen molar-refractivity contribution in [1.82, 2.24) is 19.6 Å². The van der Waals surface area contributed by atoms with E-state index in [0.717, 1.165) is 11.4 Å². The minimum atomic E-state index is 0.715. The molecule has 0 saturated heterocycles. The van der Waals surface area contributed by atoms with Crippen LogP contribution in [0.1, 0.15) is 5.56 Å². The number of hydrogen-bond acceptors (Lipinski definition) is 3. The molecule has 0 atom stereocenters. The van der Waals surface area contributed by atoms with Crippen molar-refractivity contribution < 1.29 is 0 Å². The van der Waals surface area contributed by atoms with Gasteiger partial charge in [0, 0.05) is 31.1 Å². The van der Waals surface area contributed by atoms with Crippen LogP contribution in [0.5, 0.6) is 0 Å². The van der Waals surface area contributed by atoms with Crippen molar-refractivity contribution in [3.63, 3.8) is 0 Å². The molecule has 0 radical (unpaired) electrons. The van der Waals surface area contributed by atoms with Gasteiger partial charge in [0.1, 0.15) is 0 Å². The number of aryl methyl sites for hydroxylation is 1. The van der Waals surface area contributed by atoms with Gasteiger partial charge in [-0.3, -0.25) is 9.36 Å². The van der Waals surface area contributed by atoms with Crippen molar-refractivity contribution in [2.45, 2.75) is 6.54 Å². The molecule has 0 aliphatic heterocycles. The van der Waals surface area contributed by atoms with Crippen LogP contribution in [0.25, 0.3) is 0 Å². The zero-order chi connectivity index (χ0) is 10.7. The van der Waals surface area contributed by atoms with Gasteiger partial charge in [-0.2, -0.15) is 10.2 Å². The van der Waals surface area contributed by atoms with Crippen molar-refractivity contribution in [2.75, 3.05) is 5.32 Å².